The van der Waals surface area contributed by atoms with E-state index in [9.17, 15) is 0 Å². The van der Waals surface area contributed by atoms with Crippen molar-refractivity contribution in [1.29, 1.82) is 0 Å². The second kappa shape index (κ2) is 8.77. The predicted octanol–water partition coefficient (Wildman–Crippen LogP) is 4.35. The van der Waals surface area contributed by atoms with Crippen LogP contribution in [0.5, 0.6) is 5.75 Å². The van der Waals surface area contributed by atoms with Gasteiger partial charge in [-0.1, -0.05) is 25.5 Å². The molecule has 0 spiro atoms. The molecule has 140 valence electrons. The summed E-state index contributed by atoms with van der Waals surface area (Å²) >= 11 is 3.59. The van der Waals surface area contributed by atoms with E-state index in [2.05, 4.69) is 53.3 Å². The van der Waals surface area contributed by atoms with Crippen LogP contribution in [0.2, 0.25) is 0 Å². The summed E-state index contributed by atoms with van der Waals surface area (Å²) in [4.78, 5) is 8.14. The summed E-state index contributed by atoms with van der Waals surface area (Å²) in [5, 5.41) is 5.75. The Morgan fingerprint density at radius 2 is 2.04 bits per heavy atom. The first kappa shape index (κ1) is 19.0. The van der Waals surface area contributed by atoms with Gasteiger partial charge < -0.3 is 9.64 Å². The Labute approximate surface area is 163 Å². The molecule has 1 atom stereocenters. The minimum atomic E-state index is 0.153. The summed E-state index contributed by atoms with van der Waals surface area (Å²) < 4.78 is 5.23. The van der Waals surface area contributed by atoms with E-state index in [1.165, 1.54) is 16.9 Å². The third-order valence-electron chi connectivity index (χ3n) is 4.26. The maximum absolute atomic E-state index is 5.23. The number of benzene rings is 1. The van der Waals surface area contributed by atoms with E-state index in [4.69, 9.17) is 4.74 Å². The van der Waals surface area contributed by atoms with Gasteiger partial charge in [-0.2, -0.15) is 5.10 Å². The van der Waals surface area contributed by atoms with Gasteiger partial charge in [0.2, 0.25) is 0 Å². The molecule has 1 aliphatic rings. The van der Waals surface area contributed by atoms with Crippen molar-refractivity contribution in [3.8, 4) is 5.75 Å². The quantitative estimate of drug-likeness (QED) is 0.726. The van der Waals surface area contributed by atoms with Crippen molar-refractivity contribution in [3.05, 3.63) is 45.4 Å². The smallest absolute Gasteiger partial charge is 0.170 e. The summed E-state index contributed by atoms with van der Waals surface area (Å²) in [6, 6.07) is 8.27. The summed E-state index contributed by atoms with van der Waals surface area (Å²) in [5.41, 5.74) is 5.83. The lowest BCUT2D eigenvalue weighted by atomic mass is 10.2. The predicted molar refractivity (Wildman–Crippen MR) is 111 cm³/mol. The summed E-state index contributed by atoms with van der Waals surface area (Å²) in [6.45, 7) is 7.34. The number of ether oxygens (including phenoxy) is 1. The van der Waals surface area contributed by atoms with Gasteiger partial charge in [0.1, 0.15) is 5.75 Å². The molecule has 5 nitrogen and oxygen atoms in total. The third-order valence-corrected chi connectivity index (χ3v) is 6.51. The number of aromatic nitrogens is 1. The van der Waals surface area contributed by atoms with Gasteiger partial charge in [-0.25, -0.2) is 4.98 Å². The van der Waals surface area contributed by atoms with Crippen LogP contribution in [0.4, 0.5) is 0 Å². The number of amidine groups is 1. The molecular formula is C19H26N4OS2. The Morgan fingerprint density at radius 1 is 1.27 bits per heavy atom. The van der Waals surface area contributed by atoms with Gasteiger partial charge in [0.15, 0.2) is 11.3 Å². The average Bonchev–Trinajstić information content (AvgIpc) is 3.20. The lowest BCUT2D eigenvalue weighted by Gasteiger charge is -2.26. The van der Waals surface area contributed by atoms with E-state index < -0.39 is 0 Å². The maximum Gasteiger partial charge on any atom is 0.170 e. The van der Waals surface area contributed by atoms with Crippen LogP contribution < -0.4 is 10.2 Å². The monoisotopic (exact) mass is 390 g/mol. The number of hydrazone groups is 1. The Balaban J connectivity index is 1.69. The number of hydrogen-bond acceptors (Lipinski definition) is 7. The number of nitrogens with zero attached hydrogens (tertiary/aromatic N) is 3. The molecule has 7 heteroatoms. The van der Waals surface area contributed by atoms with Gasteiger partial charge in [0, 0.05) is 12.3 Å². The molecule has 0 bridgehead atoms. The molecule has 0 fully saturated rings. The summed E-state index contributed by atoms with van der Waals surface area (Å²) in [5.74, 6) is 2.85. The fourth-order valence-electron chi connectivity index (χ4n) is 2.86. The molecule has 1 aliphatic heterocycles. The van der Waals surface area contributed by atoms with Gasteiger partial charge in [-0.3, -0.25) is 5.43 Å². The molecule has 1 aromatic heterocycles. The molecule has 3 rings (SSSR count). The second-order valence-electron chi connectivity index (χ2n) is 6.27. The van der Waals surface area contributed by atoms with Crippen LogP contribution >= 0.6 is 23.1 Å². The minimum absolute atomic E-state index is 0.153. The van der Waals surface area contributed by atoms with Crippen molar-refractivity contribution >= 4 is 28.9 Å². The van der Waals surface area contributed by atoms with Crippen molar-refractivity contribution in [2.45, 2.75) is 44.9 Å². The van der Waals surface area contributed by atoms with Gasteiger partial charge >= 0.3 is 0 Å². The third kappa shape index (κ3) is 4.32. The first-order valence-electron chi connectivity index (χ1n) is 8.91. The van der Waals surface area contributed by atoms with Crippen LogP contribution in [-0.4, -0.2) is 34.9 Å². The highest BCUT2D eigenvalue weighted by atomic mass is 32.2. The van der Waals surface area contributed by atoms with Crippen molar-refractivity contribution < 1.29 is 4.74 Å². The lowest BCUT2D eigenvalue weighted by Crippen LogP contribution is -2.38. The van der Waals surface area contributed by atoms with Crippen molar-refractivity contribution in [2.24, 2.45) is 5.10 Å². The number of nitrogens with one attached hydrogen (secondary N) is 1. The standard InChI is InChI=1S/C19H26N4OS2/c1-5-6-11-23-18(17-13(2)20-14(3)26-17)21-22-19(23)25-12-15-7-9-16(24-4)10-8-15/h7-10,19,22H,5-6,11-12H2,1-4H3. The number of aryl methyl sites for hydroxylation is 2. The highest BCUT2D eigenvalue weighted by molar-refractivity contribution is 7.99. The molecule has 26 heavy (non-hydrogen) atoms. The van der Waals surface area contributed by atoms with Crippen LogP contribution in [0.25, 0.3) is 0 Å². The van der Waals surface area contributed by atoms with Crippen LogP contribution in [0, 0.1) is 13.8 Å². The Bertz CT molecular complexity index is 757. The normalized spacial score (nSPS) is 16.5. The first-order chi connectivity index (χ1) is 12.6. The Morgan fingerprint density at radius 3 is 2.65 bits per heavy atom. The number of unbranched alkanes of at least 4 members (excludes halogenated alkanes) is 1. The molecule has 1 unspecified atom stereocenters. The first-order valence-corrected chi connectivity index (χ1v) is 10.8. The van der Waals surface area contributed by atoms with Crippen molar-refractivity contribution in [1.82, 2.24) is 15.3 Å². The van der Waals surface area contributed by atoms with Crippen LogP contribution in [0.3, 0.4) is 0 Å². The molecule has 0 saturated carbocycles. The molecule has 0 radical (unpaired) electrons. The zero-order chi connectivity index (χ0) is 18.5. The van der Waals surface area contributed by atoms with Crippen molar-refractivity contribution in [3.63, 3.8) is 0 Å². The second-order valence-corrected chi connectivity index (χ2v) is 8.54. The van der Waals surface area contributed by atoms with Crippen molar-refractivity contribution in [2.75, 3.05) is 13.7 Å². The lowest BCUT2D eigenvalue weighted by molar-refractivity contribution is 0.384. The van der Waals surface area contributed by atoms with Crippen LogP contribution in [-0.2, 0) is 5.75 Å². The van der Waals surface area contributed by atoms with E-state index in [-0.39, 0.29) is 5.50 Å². The van der Waals surface area contributed by atoms with Crippen LogP contribution in [0.1, 0.15) is 40.9 Å². The maximum atomic E-state index is 5.23. The van der Waals surface area contributed by atoms with E-state index in [1.807, 2.05) is 23.9 Å². The Kier molecular flexibility index (Phi) is 6.43. The fourth-order valence-corrected chi connectivity index (χ4v) is 4.84. The van der Waals surface area contributed by atoms with Gasteiger partial charge in [-0.15, -0.1) is 23.1 Å². The molecule has 2 heterocycles. The van der Waals surface area contributed by atoms with Gasteiger partial charge in [0.25, 0.3) is 0 Å². The molecule has 1 aromatic carbocycles. The van der Waals surface area contributed by atoms with Gasteiger partial charge in [-0.05, 0) is 38.0 Å². The molecular weight excluding hydrogens is 364 g/mol. The molecule has 2 aromatic rings. The highest BCUT2D eigenvalue weighted by Crippen LogP contribution is 2.29. The zero-order valence-electron chi connectivity index (χ0n) is 15.8. The van der Waals surface area contributed by atoms with E-state index in [0.29, 0.717) is 0 Å². The number of methoxy groups -OCH3 is 1. The molecule has 0 saturated heterocycles. The number of hydrogen-bond donors (Lipinski definition) is 1. The van der Waals surface area contributed by atoms with E-state index >= 15 is 0 Å². The Hall–Kier alpha value is -1.73. The number of thioether (sulfide) groups is 1. The molecule has 0 amide bonds. The zero-order valence-corrected chi connectivity index (χ0v) is 17.4. The minimum Gasteiger partial charge on any atom is -0.497 e. The number of thiazole rings is 1. The highest BCUT2D eigenvalue weighted by Gasteiger charge is 2.30. The van der Waals surface area contributed by atoms with Gasteiger partial charge in [0.05, 0.1) is 22.7 Å². The number of rotatable bonds is 8. The van der Waals surface area contributed by atoms with Crippen LogP contribution in [0.15, 0.2) is 29.4 Å². The summed E-state index contributed by atoms with van der Waals surface area (Å²) in [7, 11) is 1.69. The summed E-state index contributed by atoms with van der Waals surface area (Å²) in [6.07, 6.45) is 2.32. The van der Waals surface area contributed by atoms with E-state index in [0.717, 1.165) is 41.0 Å². The largest absolute Gasteiger partial charge is 0.497 e. The SMILES string of the molecule is CCCCN1C(c2sc(C)nc2C)=NNC1SCc1ccc(OC)cc1. The molecule has 1 N–H and O–H groups in total. The van der Waals surface area contributed by atoms with E-state index in [1.54, 1.807) is 18.4 Å². The topological polar surface area (TPSA) is 49.8 Å². The average molecular weight is 391 g/mol. The fraction of sp³-hybridized carbons (Fsp3) is 0.474. The molecule has 0 aliphatic carbocycles.